The minimum atomic E-state index is -0.792. The minimum Gasteiger partial charge on any atom is -0.347 e. The van der Waals surface area contributed by atoms with Crippen LogP contribution in [0.3, 0.4) is 0 Å². The topological polar surface area (TPSA) is 117 Å². The number of nitrogens with one attached hydrogen (secondary N) is 3. The molecule has 0 saturated carbocycles. The monoisotopic (exact) mass is 321 g/mol. The maximum atomic E-state index is 11.7. The Morgan fingerprint density at radius 1 is 1.17 bits per heavy atom. The third kappa shape index (κ3) is 5.31. The second kappa shape index (κ2) is 8.20. The summed E-state index contributed by atoms with van der Waals surface area (Å²) < 4.78 is 0. The molecule has 0 bridgehead atoms. The van der Waals surface area contributed by atoms with E-state index in [-0.39, 0.29) is 5.69 Å². The number of carbonyl (C=O) groups is 2. The zero-order chi connectivity index (χ0) is 16.7. The first-order valence-corrected chi connectivity index (χ1v) is 7.33. The SMILES string of the molecule is O=C(NCCN1CCNCC1)C(=O)Nc1ccc([N+](=O)[O-])cc1. The van der Waals surface area contributed by atoms with Crippen molar-refractivity contribution in [3.8, 4) is 0 Å². The van der Waals surface area contributed by atoms with Crippen molar-refractivity contribution in [3.05, 3.63) is 34.4 Å². The van der Waals surface area contributed by atoms with Crippen molar-refractivity contribution in [3.63, 3.8) is 0 Å². The molecule has 0 spiro atoms. The highest BCUT2D eigenvalue weighted by Gasteiger charge is 2.15. The molecule has 1 fully saturated rings. The molecule has 124 valence electrons. The van der Waals surface area contributed by atoms with Crippen LogP contribution in [0.25, 0.3) is 0 Å². The normalized spacial score (nSPS) is 15.0. The van der Waals surface area contributed by atoms with Crippen LogP contribution >= 0.6 is 0 Å². The van der Waals surface area contributed by atoms with Crippen LogP contribution in [-0.4, -0.2) is 60.9 Å². The van der Waals surface area contributed by atoms with E-state index >= 15 is 0 Å². The van der Waals surface area contributed by atoms with E-state index in [1.165, 1.54) is 24.3 Å². The molecule has 23 heavy (non-hydrogen) atoms. The van der Waals surface area contributed by atoms with Gasteiger partial charge >= 0.3 is 11.8 Å². The molecule has 0 aromatic heterocycles. The number of non-ortho nitro benzene ring substituents is 1. The molecule has 2 amide bonds. The van der Waals surface area contributed by atoms with Crippen LogP contribution in [0.5, 0.6) is 0 Å². The fourth-order valence-corrected chi connectivity index (χ4v) is 2.20. The van der Waals surface area contributed by atoms with Crippen molar-refractivity contribution in [1.29, 1.82) is 0 Å². The van der Waals surface area contributed by atoms with E-state index in [1.807, 2.05) is 0 Å². The Bertz CT molecular complexity index is 569. The molecule has 9 heteroatoms. The van der Waals surface area contributed by atoms with Crippen LogP contribution in [0, 0.1) is 10.1 Å². The lowest BCUT2D eigenvalue weighted by Gasteiger charge is -2.26. The van der Waals surface area contributed by atoms with Gasteiger partial charge < -0.3 is 16.0 Å². The Hall–Kier alpha value is -2.52. The van der Waals surface area contributed by atoms with E-state index in [1.54, 1.807) is 0 Å². The molecule has 0 atom stereocenters. The van der Waals surface area contributed by atoms with Gasteiger partial charge in [0, 0.05) is 57.1 Å². The van der Waals surface area contributed by atoms with Gasteiger partial charge in [-0.15, -0.1) is 0 Å². The maximum absolute atomic E-state index is 11.7. The van der Waals surface area contributed by atoms with Gasteiger partial charge in [-0.05, 0) is 12.1 Å². The van der Waals surface area contributed by atoms with Crippen LogP contribution in [-0.2, 0) is 9.59 Å². The molecule has 2 rings (SSSR count). The molecule has 0 aliphatic carbocycles. The van der Waals surface area contributed by atoms with Gasteiger partial charge in [0.05, 0.1) is 4.92 Å². The number of benzene rings is 1. The Kier molecular flexibility index (Phi) is 6.01. The molecular formula is C14H19N5O4. The molecule has 9 nitrogen and oxygen atoms in total. The summed E-state index contributed by atoms with van der Waals surface area (Å²) in [6.07, 6.45) is 0. The Labute approximate surface area is 133 Å². The second-order valence-electron chi connectivity index (χ2n) is 5.11. The minimum absolute atomic E-state index is 0.0801. The van der Waals surface area contributed by atoms with E-state index < -0.39 is 16.7 Å². The van der Waals surface area contributed by atoms with Crippen molar-refractivity contribution in [2.75, 3.05) is 44.6 Å². The molecule has 0 radical (unpaired) electrons. The number of hydrogen-bond acceptors (Lipinski definition) is 6. The summed E-state index contributed by atoms with van der Waals surface area (Å²) in [6.45, 7) is 4.78. The molecule has 3 N–H and O–H groups in total. The van der Waals surface area contributed by atoms with Gasteiger partial charge in [0.2, 0.25) is 0 Å². The van der Waals surface area contributed by atoms with Gasteiger partial charge in [-0.3, -0.25) is 24.6 Å². The lowest BCUT2D eigenvalue weighted by molar-refractivity contribution is -0.384. The molecule has 0 unspecified atom stereocenters. The van der Waals surface area contributed by atoms with E-state index in [0.29, 0.717) is 18.8 Å². The number of nitro groups is 1. The van der Waals surface area contributed by atoms with Crippen LogP contribution in [0.4, 0.5) is 11.4 Å². The highest BCUT2D eigenvalue weighted by molar-refractivity contribution is 6.39. The quantitative estimate of drug-likeness (QED) is 0.384. The van der Waals surface area contributed by atoms with Gasteiger partial charge in [0.1, 0.15) is 0 Å². The van der Waals surface area contributed by atoms with Crippen LogP contribution in [0.2, 0.25) is 0 Å². The molecule has 1 aliphatic heterocycles. The number of anilines is 1. The summed E-state index contributed by atoms with van der Waals surface area (Å²) in [4.78, 5) is 35.6. The fourth-order valence-electron chi connectivity index (χ4n) is 2.20. The zero-order valence-electron chi connectivity index (χ0n) is 12.6. The average molecular weight is 321 g/mol. The molecular weight excluding hydrogens is 302 g/mol. The first kappa shape index (κ1) is 16.8. The third-order valence-corrected chi connectivity index (χ3v) is 3.47. The summed E-state index contributed by atoms with van der Waals surface area (Å²) in [5.41, 5.74) is 0.251. The summed E-state index contributed by atoms with van der Waals surface area (Å²) in [5.74, 6) is -1.52. The van der Waals surface area contributed by atoms with Gasteiger partial charge in [0.15, 0.2) is 0 Å². The number of piperazine rings is 1. The van der Waals surface area contributed by atoms with E-state index in [4.69, 9.17) is 0 Å². The van der Waals surface area contributed by atoms with E-state index in [9.17, 15) is 19.7 Å². The Morgan fingerprint density at radius 2 is 1.83 bits per heavy atom. The Morgan fingerprint density at radius 3 is 2.43 bits per heavy atom. The summed E-state index contributed by atoms with van der Waals surface area (Å²) in [7, 11) is 0. The van der Waals surface area contributed by atoms with E-state index in [0.717, 1.165) is 26.2 Å². The van der Waals surface area contributed by atoms with Crippen LogP contribution in [0.1, 0.15) is 0 Å². The molecule has 1 heterocycles. The van der Waals surface area contributed by atoms with Crippen LogP contribution < -0.4 is 16.0 Å². The second-order valence-corrected chi connectivity index (χ2v) is 5.11. The molecule has 1 aromatic rings. The number of rotatable bonds is 5. The van der Waals surface area contributed by atoms with E-state index in [2.05, 4.69) is 20.9 Å². The lowest BCUT2D eigenvalue weighted by atomic mass is 10.3. The average Bonchev–Trinajstić information content (AvgIpc) is 2.56. The predicted molar refractivity (Wildman–Crippen MR) is 84.0 cm³/mol. The molecule has 1 aliphatic rings. The third-order valence-electron chi connectivity index (χ3n) is 3.47. The van der Waals surface area contributed by atoms with Crippen molar-refractivity contribution in [1.82, 2.24) is 15.5 Å². The fraction of sp³-hybridized carbons (Fsp3) is 0.429. The largest absolute Gasteiger partial charge is 0.347 e. The highest BCUT2D eigenvalue weighted by Crippen LogP contribution is 2.15. The number of nitrogens with zero attached hydrogens (tertiary/aromatic N) is 2. The van der Waals surface area contributed by atoms with Gasteiger partial charge in [-0.25, -0.2) is 0 Å². The Balaban J connectivity index is 1.73. The smallest absolute Gasteiger partial charge is 0.313 e. The van der Waals surface area contributed by atoms with Crippen molar-refractivity contribution < 1.29 is 14.5 Å². The molecule has 1 saturated heterocycles. The van der Waals surface area contributed by atoms with Gasteiger partial charge in [-0.1, -0.05) is 0 Å². The lowest BCUT2D eigenvalue weighted by Crippen LogP contribution is -2.47. The summed E-state index contributed by atoms with van der Waals surface area (Å²) >= 11 is 0. The molecule has 1 aromatic carbocycles. The number of nitro benzene ring substituents is 1. The standard InChI is InChI=1S/C14H19N5O4/c20-13(16-7-10-18-8-5-15-6-9-18)14(21)17-11-1-3-12(4-2-11)19(22)23/h1-4,15H,5-10H2,(H,16,20)(H,17,21). The first-order chi connectivity index (χ1) is 11.1. The zero-order valence-corrected chi connectivity index (χ0v) is 12.6. The maximum Gasteiger partial charge on any atom is 0.313 e. The van der Waals surface area contributed by atoms with Crippen molar-refractivity contribution in [2.24, 2.45) is 0 Å². The van der Waals surface area contributed by atoms with Crippen molar-refractivity contribution >= 4 is 23.2 Å². The number of hydrogen-bond donors (Lipinski definition) is 3. The van der Waals surface area contributed by atoms with Gasteiger partial charge in [-0.2, -0.15) is 0 Å². The summed E-state index contributed by atoms with van der Waals surface area (Å²) in [5, 5.41) is 18.7. The van der Waals surface area contributed by atoms with Crippen LogP contribution in [0.15, 0.2) is 24.3 Å². The number of carbonyl (C=O) groups excluding carboxylic acids is 2. The number of amides is 2. The van der Waals surface area contributed by atoms with Crippen molar-refractivity contribution in [2.45, 2.75) is 0 Å². The summed E-state index contributed by atoms with van der Waals surface area (Å²) in [6, 6.07) is 5.28. The first-order valence-electron chi connectivity index (χ1n) is 7.33. The van der Waals surface area contributed by atoms with Gasteiger partial charge in [0.25, 0.3) is 5.69 Å². The highest BCUT2D eigenvalue weighted by atomic mass is 16.6. The predicted octanol–water partition coefficient (Wildman–Crippen LogP) is -0.445.